The molecule has 1 aliphatic heterocycles. The van der Waals surface area contributed by atoms with Crippen molar-refractivity contribution in [1.82, 2.24) is 4.90 Å². The first-order valence-corrected chi connectivity index (χ1v) is 11.4. The second-order valence-electron chi connectivity index (χ2n) is 7.58. The molecule has 0 bridgehead atoms. The molecular formula is C24H25NO2S2. The van der Waals surface area contributed by atoms with Crippen LogP contribution in [0.5, 0.6) is 5.75 Å². The van der Waals surface area contributed by atoms with Gasteiger partial charge in [0.25, 0.3) is 5.91 Å². The molecule has 0 N–H and O–H groups in total. The summed E-state index contributed by atoms with van der Waals surface area (Å²) in [5.41, 5.74) is 2.01. The van der Waals surface area contributed by atoms with E-state index in [4.69, 9.17) is 17.0 Å². The normalized spacial score (nSPS) is 18.8. The quantitative estimate of drug-likeness (QED) is 0.401. The molecule has 1 saturated heterocycles. The maximum atomic E-state index is 12.9. The molecule has 3 nitrogen and oxygen atoms in total. The van der Waals surface area contributed by atoms with Crippen molar-refractivity contribution in [1.29, 1.82) is 0 Å². The van der Waals surface area contributed by atoms with E-state index in [9.17, 15) is 4.79 Å². The highest BCUT2D eigenvalue weighted by molar-refractivity contribution is 8.26. The fourth-order valence-electron chi connectivity index (χ4n) is 3.91. The van der Waals surface area contributed by atoms with Gasteiger partial charge in [-0.25, -0.2) is 0 Å². The minimum atomic E-state index is 0.0239. The lowest BCUT2D eigenvalue weighted by Crippen LogP contribution is -2.30. The lowest BCUT2D eigenvalue weighted by molar-refractivity contribution is -0.122. The minimum absolute atomic E-state index is 0.0239. The van der Waals surface area contributed by atoms with E-state index in [1.54, 1.807) is 4.90 Å². The Morgan fingerprint density at radius 1 is 1.07 bits per heavy atom. The van der Waals surface area contributed by atoms with Gasteiger partial charge in [0, 0.05) is 12.1 Å². The standard InChI is InChI=1S/C24H25NO2S2/c26-23-22(29-24(28)25(23)15-14-18-8-4-5-9-18)16-20-12-6-7-13-21(20)27-17-19-10-2-1-3-11-19/h1-3,6-7,10-13,16,18H,4-5,8-9,14-15,17H2/b22-16-. The molecule has 2 aliphatic rings. The Kier molecular flexibility index (Phi) is 6.67. The van der Waals surface area contributed by atoms with Crippen LogP contribution in [-0.2, 0) is 11.4 Å². The third-order valence-corrected chi connectivity index (χ3v) is 6.93. The van der Waals surface area contributed by atoms with E-state index in [0.717, 1.165) is 35.8 Å². The highest BCUT2D eigenvalue weighted by atomic mass is 32.2. The van der Waals surface area contributed by atoms with Crippen LogP contribution in [0.25, 0.3) is 6.08 Å². The first-order valence-electron chi connectivity index (χ1n) is 10.2. The lowest BCUT2D eigenvalue weighted by atomic mass is 10.0. The summed E-state index contributed by atoms with van der Waals surface area (Å²) in [6.45, 7) is 1.23. The van der Waals surface area contributed by atoms with Gasteiger partial charge in [-0.2, -0.15) is 0 Å². The Balaban J connectivity index is 1.44. The molecule has 0 atom stereocenters. The predicted molar refractivity (Wildman–Crippen MR) is 124 cm³/mol. The van der Waals surface area contributed by atoms with Crippen molar-refractivity contribution >= 4 is 40.3 Å². The van der Waals surface area contributed by atoms with Crippen molar-refractivity contribution in [2.45, 2.75) is 38.7 Å². The Labute approximate surface area is 182 Å². The van der Waals surface area contributed by atoms with E-state index in [1.807, 2.05) is 60.7 Å². The number of benzene rings is 2. The molecular weight excluding hydrogens is 398 g/mol. The van der Waals surface area contributed by atoms with E-state index in [1.165, 1.54) is 37.4 Å². The number of rotatable bonds is 7. The summed E-state index contributed by atoms with van der Waals surface area (Å²) in [5.74, 6) is 1.54. The highest BCUT2D eigenvalue weighted by Gasteiger charge is 2.32. The molecule has 1 aliphatic carbocycles. The molecule has 0 spiro atoms. The van der Waals surface area contributed by atoms with Crippen LogP contribution in [0, 0.1) is 5.92 Å². The summed E-state index contributed by atoms with van der Waals surface area (Å²) >= 11 is 6.89. The zero-order valence-electron chi connectivity index (χ0n) is 16.4. The number of carbonyl (C=O) groups excluding carboxylic acids is 1. The van der Waals surface area contributed by atoms with E-state index in [2.05, 4.69) is 0 Å². The number of para-hydroxylation sites is 1. The lowest BCUT2D eigenvalue weighted by Gasteiger charge is -2.17. The molecule has 5 heteroatoms. The number of hydrogen-bond acceptors (Lipinski definition) is 4. The van der Waals surface area contributed by atoms with Crippen molar-refractivity contribution < 1.29 is 9.53 Å². The largest absolute Gasteiger partial charge is 0.488 e. The molecule has 2 fully saturated rings. The number of carbonyl (C=O) groups is 1. The highest BCUT2D eigenvalue weighted by Crippen LogP contribution is 2.36. The number of ether oxygens (including phenoxy) is 1. The van der Waals surface area contributed by atoms with Crippen molar-refractivity contribution in [3.05, 3.63) is 70.6 Å². The average molecular weight is 424 g/mol. The topological polar surface area (TPSA) is 29.5 Å². The molecule has 1 saturated carbocycles. The Morgan fingerprint density at radius 3 is 2.59 bits per heavy atom. The SMILES string of the molecule is O=C1/C(=C/c2ccccc2OCc2ccccc2)SC(=S)N1CCC1CCCC1. The maximum absolute atomic E-state index is 12.9. The van der Waals surface area contributed by atoms with Gasteiger partial charge in [-0.15, -0.1) is 0 Å². The number of hydrogen-bond donors (Lipinski definition) is 0. The Hall–Kier alpha value is -2.11. The number of thioether (sulfide) groups is 1. The third kappa shape index (κ3) is 5.09. The van der Waals surface area contributed by atoms with Crippen molar-refractivity contribution in [2.24, 2.45) is 5.92 Å². The number of nitrogens with zero attached hydrogens (tertiary/aromatic N) is 1. The number of thiocarbonyl (C=S) groups is 1. The minimum Gasteiger partial charge on any atom is -0.488 e. The zero-order valence-corrected chi connectivity index (χ0v) is 18.0. The van der Waals surface area contributed by atoms with Crippen LogP contribution < -0.4 is 4.74 Å². The van der Waals surface area contributed by atoms with Gasteiger partial charge in [0.2, 0.25) is 0 Å². The summed E-state index contributed by atoms with van der Waals surface area (Å²) in [4.78, 5) is 15.4. The summed E-state index contributed by atoms with van der Waals surface area (Å²) in [7, 11) is 0. The summed E-state index contributed by atoms with van der Waals surface area (Å²) in [6, 6.07) is 17.9. The van der Waals surface area contributed by atoms with Gasteiger partial charge in [-0.1, -0.05) is 98.2 Å². The van der Waals surface area contributed by atoms with Crippen LogP contribution in [0.1, 0.15) is 43.2 Å². The van der Waals surface area contributed by atoms with Crippen LogP contribution in [-0.4, -0.2) is 21.7 Å². The van der Waals surface area contributed by atoms with Crippen LogP contribution in [0.15, 0.2) is 59.5 Å². The fourth-order valence-corrected chi connectivity index (χ4v) is 5.21. The van der Waals surface area contributed by atoms with Gasteiger partial charge in [-0.05, 0) is 30.0 Å². The van der Waals surface area contributed by atoms with E-state index in [-0.39, 0.29) is 5.91 Å². The molecule has 0 aromatic heterocycles. The molecule has 2 aromatic rings. The summed E-state index contributed by atoms with van der Waals surface area (Å²) < 4.78 is 6.69. The van der Waals surface area contributed by atoms with Crippen molar-refractivity contribution in [2.75, 3.05) is 6.54 Å². The molecule has 0 unspecified atom stereocenters. The van der Waals surface area contributed by atoms with Gasteiger partial charge in [-0.3, -0.25) is 9.69 Å². The molecule has 4 rings (SSSR count). The van der Waals surface area contributed by atoms with Crippen molar-refractivity contribution in [3.63, 3.8) is 0 Å². The molecule has 1 heterocycles. The van der Waals surface area contributed by atoms with Gasteiger partial charge in [0.05, 0.1) is 4.91 Å². The predicted octanol–water partition coefficient (Wildman–Crippen LogP) is 6.05. The molecule has 29 heavy (non-hydrogen) atoms. The molecule has 0 radical (unpaired) electrons. The van der Waals surface area contributed by atoms with Crippen LogP contribution in [0.4, 0.5) is 0 Å². The Morgan fingerprint density at radius 2 is 1.79 bits per heavy atom. The van der Waals surface area contributed by atoms with E-state index in [0.29, 0.717) is 15.8 Å². The molecule has 2 aromatic carbocycles. The summed E-state index contributed by atoms with van der Waals surface area (Å²) in [6.07, 6.45) is 8.19. The van der Waals surface area contributed by atoms with Gasteiger partial charge < -0.3 is 4.74 Å². The van der Waals surface area contributed by atoms with Crippen LogP contribution >= 0.6 is 24.0 Å². The molecule has 150 valence electrons. The first kappa shape index (κ1) is 20.2. The van der Waals surface area contributed by atoms with Crippen LogP contribution in [0.3, 0.4) is 0 Å². The van der Waals surface area contributed by atoms with E-state index >= 15 is 0 Å². The van der Waals surface area contributed by atoms with Gasteiger partial charge in [0.15, 0.2) is 0 Å². The second kappa shape index (κ2) is 9.59. The second-order valence-corrected chi connectivity index (χ2v) is 9.26. The number of amides is 1. The zero-order chi connectivity index (χ0) is 20.1. The van der Waals surface area contributed by atoms with E-state index < -0.39 is 0 Å². The van der Waals surface area contributed by atoms with Crippen LogP contribution in [0.2, 0.25) is 0 Å². The smallest absolute Gasteiger partial charge is 0.266 e. The third-order valence-electron chi connectivity index (χ3n) is 5.55. The maximum Gasteiger partial charge on any atom is 0.266 e. The summed E-state index contributed by atoms with van der Waals surface area (Å²) in [5, 5.41) is 0. The first-order chi connectivity index (χ1) is 14.2. The fraction of sp³-hybridized carbons (Fsp3) is 0.333. The monoisotopic (exact) mass is 423 g/mol. The molecule has 1 amide bonds. The average Bonchev–Trinajstić information content (AvgIpc) is 3.35. The van der Waals surface area contributed by atoms with Gasteiger partial charge in [0.1, 0.15) is 16.7 Å². The van der Waals surface area contributed by atoms with Gasteiger partial charge >= 0.3 is 0 Å². The van der Waals surface area contributed by atoms with Crippen molar-refractivity contribution in [3.8, 4) is 5.75 Å². The Bertz CT molecular complexity index is 904.